The molecule has 3 rings (SSSR count). The predicted molar refractivity (Wildman–Crippen MR) is 89.9 cm³/mol. The average molecular weight is 351 g/mol. The summed E-state index contributed by atoms with van der Waals surface area (Å²) in [4.78, 5) is 14.3. The highest BCUT2D eigenvalue weighted by Crippen LogP contribution is 2.31. The third-order valence-electron chi connectivity index (χ3n) is 4.97. The lowest BCUT2D eigenvalue weighted by atomic mass is 10.00. The molecule has 1 fully saturated rings. The van der Waals surface area contributed by atoms with Crippen molar-refractivity contribution in [3.05, 3.63) is 47.5 Å². The Morgan fingerprint density at radius 3 is 2.76 bits per heavy atom. The van der Waals surface area contributed by atoms with Crippen molar-refractivity contribution >= 4 is 6.03 Å². The Bertz CT molecular complexity index is 668. The van der Waals surface area contributed by atoms with Crippen LogP contribution >= 0.6 is 0 Å². The van der Waals surface area contributed by atoms with E-state index in [1.165, 1.54) is 6.07 Å². The van der Waals surface area contributed by atoms with E-state index in [4.69, 9.17) is 5.11 Å². The monoisotopic (exact) mass is 351 g/mol. The minimum Gasteiger partial charge on any atom is -0.396 e. The maximum absolute atomic E-state index is 13.6. The van der Waals surface area contributed by atoms with Crippen molar-refractivity contribution in [1.82, 2.24) is 15.5 Å². The fourth-order valence-electron chi connectivity index (χ4n) is 3.68. The van der Waals surface area contributed by atoms with E-state index in [0.717, 1.165) is 19.0 Å². The summed E-state index contributed by atoms with van der Waals surface area (Å²) in [6, 6.07) is 3.09. The van der Waals surface area contributed by atoms with E-state index in [-0.39, 0.29) is 36.7 Å². The summed E-state index contributed by atoms with van der Waals surface area (Å²) >= 11 is 0. The van der Waals surface area contributed by atoms with Crippen LogP contribution in [-0.4, -0.2) is 48.3 Å². The molecule has 1 aromatic rings. The van der Waals surface area contributed by atoms with Crippen LogP contribution in [0.5, 0.6) is 0 Å². The van der Waals surface area contributed by atoms with Crippen molar-refractivity contribution < 1.29 is 18.7 Å². The molecule has 2 unspecified atom stereocenters. The van der Waals surface area contributed by atoms with Gasteiger partial charge in [0.15, 0.2) is 11.6 Å². The number of nitrogens with zero attached hydrogens (tertiary/aromatic N) is 1. The van der Waals surface area contributed by atoms with Gasteiger partial charge in [-0.05, 0) is 37.6 Å². The van der Waals surface area contributed by atoms with Crippen LogP contribution in [0.4, 0.5) is 13.6 Å². The van der Waals surface area contributed by atoms with Crippen LogP contribution in [0.2, 0.25) is 0 Å². The molecule has 7 heteroatoms. The quantitative estimate of drug-likeness (QED) is 0.727. The number of hydrogen-bond donors (Lipinski definition) is 3. The van der Waals surface area contributed by atoms with Crippen molar-refractivity contribution in [2.45, 2.75) is 31.0 Å². The van der Waals surface area contributed by atoms with E-state index in [0.29, 0.717) is 12.0 Å². The van der Waals surface area contributed by atoms with Gasteiger partial charge in [-0.3, -0.25) is 4.90 Å². The van der Waals surface area contributed by atoms with E-state index in [1.807, 2.05) is 24.1 Å². The normalized spacial score (nSPS) is 29.1. The Morgan fingerprint density at radius 2 is 2.08 bits per heavy atom. The molecule has 4 atom stereocenters. The minimum atomic E-state index is -0.882. The largest absolute Gasteiger partial charge is 0.396 e. The molecule has 1 saturated heterocycles. The van der Waals surface area contributed by atoms with Crippen molar-refractivity contribution in [3.8, 4) is 0 Å². The van der Waals surface area contributed by atoms with Gasteiger partial charge >= 0.3 is 6.03 Å². The van der Waals surface area contributed by atoms with Gasteiger partial charge in [-0.2, -0.15) is 0 Å². The van der Waals surface area contributed by atoms with Crippen molar-refractivity contribution in [2.24, 2.45) is 5.92 Å². The van der Waals surface area contributed by atoms with Gasteiger partial charge in [-0.25, -0.2) is 13.6 Å². The standard InChI is InChI=1S/C18H23F2N3O2/c1-23-7-6-16(17(23)12-3-5-14(19)15(20)9-12)22-18(25)21-13-4-2-11(8-13)10-24/h2-5,9,11,13,16-17,24H,6-8,10H2,1H3,(H2,21,22,25)/t11-,13+,16?,17?/m0/s1. The topological polar surface area (TPSA) is 64.6 Å². The fourth-order valence-corrected chi connectivity index (χ4v) is 3.68. The zero-order valence-corrected chi connectivity index (χ0v) is 14.1. The lowest BCUT2D eigenvalue weighted by Crippen LogP contribution is -2.47. The first-order valence-corrected chi connectivity index (χ1v) is 8.49. The van der Waals surface area contributed by atoms with Gasteiger partial charge < -0.3 is 15.7 Å². The first kappa shape index (κ1) is 17.8. The number of nitrogens with one attached hydrogen (secondary N) is 2. The second-order valence-corrected chi connectivity index (χ2v) is 6.78. The molecule has 1 heterocycles. The molecule has 136 valence electrons. The zero-order valence-electron chi connectivity index (χ0n) is 14.1. The van der Waals surface area contributed by atoms with Crippen LogP contribution in [0.15, 0.2) is 30.4 Å². The maximum Gasteiger partial charge on any atom is 0.315 e. The second-order valence-electron chi connectivity index (χ2n) is 6.78. The number of amides is 2. The van der Waals surface area contributed by atoms with Gasteiger partial charge in [-0.1, -0.05) is 18.2 Å². The average Bonchev–Trinajstić information content (AvgIpc) is 3.17. The Morgan fingerprint density at radius 1 is 1.28 bits per heavy atom. The SMILES string of the molecule is CN1CCC(NC(=O)N[C@@H]2C=C[C@H](CO)C2)C1c1ccc(F)c(F)c1. The van der Waals surface area contributed by atoms with Crippen molar-refractivity contribution in [1.29, 1.82) is 0 Å². The second kappa shape index (κ2) is 7.49. The number of aliphatic hydroxyl groups is 1. The van der Waals surface area contributed by atoms with Gasteiger partial charge in [0, 0.05) is 25.1 Å². The Balaban J connectivity index is 1.63. The minimum absolute atomic E-state index is 0.0714. The highest BCUT2D eigenvalue weighted by atomic mass is 19.2. The first-order valence-electron chi connectivity index (χ1n) is 8.49. The molecule has 0 radical (unpaired) electrons. The molecule has 1 aliphatic carbocycles. The third-order valence-corrected chi connectivity index (χ3v) is 4.97. The number of rotatable bonds is 4. The van der Waals surface area contributed by atoms with Crippen LogP contribution in [0.3, 0.4) is 0 Å². The maximum atomic E-state index is 13.6. The van der Waals surface area contributed by atoms with Gasteiger partial charge in [0.2, 0.25) is 0 Å². The third kappa shape index (κ3) is 3.99. The number of likely N-dealkylation sites (N-methyl/N-ethyl adjacent to an activating group) is 1. The number of carbonyl (C=O) groups is 1. The number of hydrogen-bond acceptors (Lipinski definition) is 3. The summed E-state index contributed by atoms with van der Waals surface area (Å²) in [7, 11) is 1.90. The number of carbonyl (C=O) groups excluding carboxylic acids is 1. The Labute approximate surface area is 145 Å². The zero-order chi connectivity index (χ0) is 18.0. The molecule has 2 amide bonds. The molecular weight excluding hydrogens is 328 g/mol. The molecule has 0 aromatic heterocycles. The number of halogens is 2. The molecule has 1 aliphatic heterocycles. The van der Waals surface area contributed by atoms with Crippen LogP contribution < -0.4 is 10.6 Å². The lowest BCUT2D eigenvalue weighted by molar-refractivity contribution is 0.223. The van der Waals surface area contributed by atoms with Gasteiger partial charge in [-0.15, -0.1) is 0 Å². The van der Waals surface area contributed by atoms with E-state index in [9.17, 15) is 13.6 Å². The molecule has 0 spiro atoms. The van der Waals surface area contributed by atoms with Crippen LogP contribution in [-0.2, 0) is 0 Å². The van der Waals surface area contributed by atoms with Crippen LogP contribution in [0, 0.1) is 17.6 Å². The van der Waals surface area contributed by atoms with E-state index in [1.54, 1.807) is 6.07 Å². The van der Waals surface area contributed by atoms with E-state index in [2.05, 4.69) is 10.6 Å². The smallest absolute Gasteiger partial charge is 0.315 e. The Kier molecular flexibility index (Phi) is 5.34. The summed E-state index contributed by atoms with van der Waals surface area (Å²) < 4.78 is 26.8. The summed E-state index contributed by atoms with van der Waals surface area (Å²) in [6.07, 6.45) is 5.20. The molecule has 5 nitrogen and oxygen atoms in total. The van der Waals surface area contributed by atoms with Gasteiger partial charge in [0.05, 0.1) is 12.1 Å². The number of likely N-dealkylation sites (tertiary alicyclic amines) is 1. The van der Waals surface area contributed by atoms with Gasteiger partial charge in [0.1, 0.15) is 0 Å². The molecule has 1 aromatic carbocycles. The molecule has 25 heavy (non-hydrogen) atoms. The number of urea groups is 1. The summed E-state index contributed by atoms with van der Waals surface area (Å²) in [5, 5.41) is 15.0. The molecule has 3 N–H and O–H groups in total. The van der Waals surface area contributed by atoms with Crippen LogP contribution in [0.25, 0.3) is 0 Å². The highest BCUT2D eigenvalue weighted by Gasteiger charge is 2.35. The Hall–Kier alpha value is -1.99. The molecular formula is C18H23F2N3O2. The van der Waals surface area contributed by atoms with Gasteiger partial charge in [0.25, 0.3) is 0 Å². The molecule has 0 bridgehead atoms. The van der Waals surface area contributed by atoms with Crippen molar-refractivity contribution in [2.75, 3.05) is 20.2 Å². The first-order chi connectivity index (χ1) is 12.0. The number of aliphatic hydroxyl groups excluding tert-OH is 1. The summed E-state index contributed by atoms with van der Waals surface area (Å²) in [5.74, 6) is -1.68. The van der Waals surface area contributed by atoms with E-state index < -0.39 is 11.6 Å². The molecule has 0 saturated carbocycles. The van der Waals surface area contributed by atoms with Crippen molar-refractivity contribution in [3.63, 3.8) is 0 Å². The highest BCUT2D eigenvalue weighted by molar-refractivity contribution is 5.75. The lowest BCUT2D eigenvalue weighted by Gasteiger charge is -2.27. The fraction of sp³-hybridized carbons (Fsp3) is 0.500. The summed E-state index contributed by atoms with van der Waals surface area (Å²) in [6.45, 7) is 0.826. The number of benzene rings is 1. The summed E-state index contributed by atoms with van der Waals surface area (Å²) in [5.41, 5.74) is 0.644. The van der Waals surface area contributed by atoms with E-state index >= 15 is 0 Å². The molecule has 2 aliphatic rings. The van der Waals surface area contributed by atoms with Crippen LogP contribution in [0.1, 0.15) is 24.4 Å². The predicted octanol–water partition coefficient (Wildman–Crippen LogP) is 1.95.